The molecule has 16 nitrogen and oxygen atoms in total. The lowest BCUT2D eigenvalue weighted by Gasteiger charge is -2.25. The van der Waals surface area contributed by atoms with Gasteiger partial charge in [0.2, 0.25) is 0 Å². The summed E-state index contributed by atoms with van der Waals surface area (Å²) in [5.41, 5.74) is 0.210. The molecule has 0 atom stereocenters. The molecule has 4 aliphatic rings. The van der Waals surface area contributed by atoms with Gasteiger partial charge >= 0.3 is 47.8 Å². The van der Waals surface area contributed by atoms with Crippen LogP contribution in [0.3, 0.4) is 0 Å². The molecule has 0 saturated carbocycles. The SMILES string of the molecule is CCOC(=O)C1(C(=O)OCC)Cc2cc3c(c(-c4cccc(-c5c6c(cc7c5CC(C(=O)OCC)(C(=O)OCC)C7)CC(C(=O)OCC)(C(=O)OCC)C6)c4)c2C1)CC(C(=O)OCC)(C(=O)OCC)C3. The summed E-state index contributed by atoms with van der Waals surface area (Å²) in [5, 5.41) is 0. The first kappa shape index (κ1) is 51.3. The minimum absolute atomic E-state index is 0.0102. The van der Waals surface area contributed by atoms with Crippen LogP contribution in [0.5, 0.6) is 0 Å². The van der Waals surface area contributed by atoms with Crippen molar-refractivity contribution in [2.24, 2.45) is 21.7 Å². The fourth-order valence-electron chi connectivity index (χ4n) is 11.1. The van der Waals surface area contributed by atoms with Gasteiger partial charge < -0.3 is 37.9 Å². The van der Waals surface area contributed by atoms with Gasteiger partial charge in [-0.15, -0.1) is 0 Å². The second-order valence-electron chi connectivity index (χ2n) is 18.1. The first-order valence-electron chi connectivity index (χ1n) is 24.4. The molecule has 0 unspecified atom stereocenters. The zero-order valence-electron chi connectivity index (χ0n) is 41.3. The molecule has 3 aromatic rings. The Kier molecular flexibility index (Phi) is 14.9. The van der Waals surface area contributed by atoms with Crippen LogP contribution in [-0.4, -0.2) is 101 Å². The van der Waals surface area contributed by atoms with E-state index >= 15 is 0 Å². The third-order valence-corrected chi connectivity index (χ3v) is 14.1. The minimum Gasteiger partial charge on any atom is -0.465 e. The van der Waals surface area contributed by atoms with E-state index in [2.05, 4.69) is 0 Å². The molecule has 374 valence electrons. The van der Waals surface area contributed by atoms with Gasteiger partial charge in [0.1, 0.15) is 0 Å². The Bertz CT molecular complexity index is 2240. The summed E-state index contributed by atoms with van der Waals surface area (Å²) in [6, 6.07) is 11.1. The molecular weight excluding hydrogens is 905 g/mol. The normalized spacial score (nSPS) is 16.9. The van der Waals surface area contributed by atoms with Gasteiger partial charge in [-0.1, -0.05) is 30.3 Å². The molecule has 70 heavy (non-hydrogen) atoms. The number of hydrogen-bond donors (Lipinski definition) is 0. The number of ether oxygens (including phenoxy) is 8. The Labute approximate surface area is 407 Å². The highest BCUT2D eigenvalue weighted by atomic mass is 16.6. The highest BCUT2D eigenvalue weighted by molar-refractivity contribution is 6.06. The average Bonchev–Trinajstić information content (AvgIpc) is 4.12. The van der Waals surface area contributed by atoms with E-state index in [0.29, 0.717) is 66.8 Å². The van der Waals surface area contributed by atoms with Gasteiger partial charge in [-0.05, 0) is 154 Å². The third-order valence-electron chi connectivity index (χ3n) is 14.1. The fourth-order valence-corrected chi connectivity index (χ4v) is 11.1. The Morgan fingerprint density at radius 3 is 0.714 bits per heavy atom. The summed E-state index contributed by atoms with van der Waals surface area (Å²) in [6.07, 6.45) is -0.845. The van der Waals surface area contributed by atoms with Crippen LogP contribution < -0.4 is 0 Å². The smallest absolute Gasteiger partial charge is 0.324 e. The van der Waals surface area contributed by atoms with Crippen LogP contribution in [0.4, 0.5) is 0 Å². The molecule has 0 spiro atoms. The highest BCUT2D eigenvalue weighted by Gasteiger charge is 2.59. The van der Waals surface area contributed by atoms with Gasteiger partial charge in [0, 0.05) is 25.7 Å². The van der Waals surface area contributed by atoms with Crippen LogP contribution in [0.1, 0.15) is 99.9 Å². The second-order valence-corrected chi connectivity index (χ2v) is 18.1. The number of fused-ring (bicyclic) bond motifs is 4. The molecule has 7 rings (SSSR count). The first-order valence-corrected chi connectivity index (χ1v) is 24.4. The summed E-state index contributed by atoms with van der Waals surface area (Å²) in [6.45, 7) is 13.3. The quantitative estimate of drug-likeness (QED) is 0.0830. The maximum atomic E-state index is 14.0. The summed E-state index contributed by atoms with van der Waals surface area (Å²) in [4.78, 5) is 112. The topological polar surface area (TPSA) is 210 Å². The molecule has 0 aromatic heterocycles. The van der Waals surface area contributed by atoms with Crippen LogP contribution >= 0.6 is 0 Å². The first-order chi connectivity index (χ1) is 33.5. The standard InChI is InChI=1S/C54H62O16/c1-9-63-43(55)51(44(56)64-10-2)23-33-21-34-24-52(45(57)65-11-3,46(58)66-12-4)28-38(34)41(37(33)27-51)31-18-17-19-32(20-31)42-39-29-53(47(59)67-13-5,48(60)68-14-6)25-35(39)22-36-26-54(30-40(36)42,49(61)69-15-7)50(62)70-16-8/h17-22H,9-16,23-30H2,1-8H3. The number of carbonyl (C=O) groups is 8. The van der Waals surface area contributed by atoms with Gasteiger partial charge in [0.05, 0.1) is 52.9 Å². The van der Waals surface area contributed by atoms with Gasteiger partial charge in [0.15, 0.2) is 21.7 Å². The van der Waals surface area contributed by atoms with Crippen molar-refractivity contribution < 1.29 is 76.3 Å². The van der Waals surface area contributed by atoms with E-state index in [1.54, 1.807) is 61.5 Å². The lowest BCUT2D eigenvalue weighted by molar-refractivity contribution is -0.173. The summed E-state index contributed by atoms with van der Waals surface area (Å²) in [7, 11) is 0. The Morgan fingerprint density at radius 2 is 0.529 bits per heavy atom. The Balaban J connectivity index is 1.51. The van der Waals surface area contributed by atoms with Crippen LogP contribution in [0.25, 0.3) is 22.3 Å². The number of hydrogen-bond acceptors (Lipinski definition) is 16. The zero-order chi connectivity index (χ0) is 50.8. The molecule has 0 N–H and O–H groups in total. The van der Waals surface area contributed by atoms with Crippen LogP contribution in [0, 0.1) is 21.7 Å². The molecule has 4 aliphatic carbocycles. The van der Waals surface area contributed by atoms with Crippen molar-refractivity contribution in [3.8, 4) is 22.3 Å². The lowest BCUT2D eigenvalue weighted by Crippen LogP contribution is -2.43. The Morgan fingerprint density at radius 1 is 0.329 bits per heavy atom. The minimum atomic E-state index is -1.75. The molecule has 0 aliphatic heterocycles. The van der Waals surface area contributed by atoms with Gasteiger partial charge in [0.25, 0.3) is 0 Å². The molecular formula is C54H62O16. The molecule has 0 fully saturated rings. The molecule has 16 heteroatoms. The molecule has 0 heterocycles. The van der Waals surface area contributed by atoms with E-state index in [-0.39, 0.29) is 104 Å². The van der Waals surface area contributed by atoms with E-state index in [9.17, 15) is 38.4 Å². The molecule has 0 radical (unpaired) electrons. The van der Waals surface area contributed by atoms with Crippen molar-refractivity contribution in [3.05, 3.63) is 80.9 Å². The number of carbonyl (C=O) groups excluding carboxylic acids is 8. The molecule has 0 bridgehead atoms. The third kappa shape index (κ3) is 8.40. The molecule has 0 saturated heterocycles. The Hall–Kier alpha value is -6.58. The van der Waals surface area contributed by atoms with E-state index in [4.69, 9.17) is 37.9 Å². The van der Waals surface area contributed by atoms with Crippen molar-refractivity contribution in [2.45, 2.75) is 107 Å². The predicted molar refractivity (Wildman–Crippen MR) is 250 cm³/mol. The number of rotatable bonds is 18. The fraction of sp³-hybridized carbons (Fsp3) is 0.519. The van der Waals surface area contributed by atoms with E-state index < -0.39 is 69.4 Å². The van der Waals surface area contributed by atoms with Crippen LogP contribution in [0.15, 0.2) is 36.4 Å². The average molecular weight is 967 g/mol. The number of benzene rings is 3. The van der Waals surface area contributed by atoms with Gasteiger partial charge in [-0.3, -0.25) is 38.4 Å². The highest BCUT2D eigenvalue weighted by Crippen LogP contribution is 2.54. The van der Waals surface area contributed by atoms with Crippen LogP contribution in [0.2, 0.25) is 0 Å². The van der Waals surface area contributed by atoms with Crippen molar-refractivity contribution >= 4 is 47.8 Å². The monoisotopic (exact) mass is 966 g/mol. The lowest BCUT2D eigenvalue weighted by atomic mass is 9.81. The largest absolute Gasteiger partial charge is 0.465 e. The van der Waals surface area contributed by atoms with Crippen molar-refractivity contribution in [3.63, 3.8) is 0 Å². The van der Waals surface area contributed by atoms with Gasteiger partial charge in [-0.2, -0.15) is 0 Å². The van der Waals surface area contributed by atoms with E-state index in [1.807, 2.05) is 30.3 Å². The predicted octanol–water partition coefficient (Wildman–Crippen LogP) is 5.87. The van der Waals surface area contributed by atoms with Crippen molar-refractivity contribution in [1.29, 1.82) is 0 Å². The van der Waals surface area contributed by atoms with Crippen molar-refractivity contribution in [1.82, 2.24) is 0 Å². The molecule has 3 aromatic carbocycles. The van der Waals surface area contributed by atoms with Crippen molar-refractivity contribution in [2.75, 3.05) is 52.9 Å². The van der Waals surface area contributed by atoms with Gasteiger partial charge in [-0.25, -0.2) is 0 Å². The summed E-state index contributed by atoms with van der Waals surface area (Å²) < 4.78 is 44.4. The summed E-state index contributed by atoms with van der Waals surface area (Å²) in [5.74, 6) is -5.96. The van der Waals surface area contributed by atoms with E-state index in [1.165, 1.54) is 0 Å². The maximum absolute atomic E-state index is 14.0. The zero-order valence-corrected chi connectivity index (χ0v) is 41.3. The summed E-state index contributed by atoms with van der Waals surface area (Å²) >= 11 is 0. The van der Waals surface area contributed by atoms with Crippen LogP contribution in [-0.2, 0) is 128 Å². The second kappa shape index (κ2) is 20.4. The molecule has 0 amide bonds. The maximum Gasteiger partial charge on any atom is 0.324 e. The van der Waals surface area contributed by atoms with E-state index in [0.717, 1.165) is 0 Å². The number of esters is 8.